The lowest BCUT2D eigenvalue weighted by Crippen LogP contribution is -2.41. The van der Waals surface area contributed by atoms with Gasteiger partial charge in [0.2, 0.25) is 11.8 Å². The number of rotatable bonds is 6. The summed E-state index contributed by atoms with van der Waals surface area (Å²) in [6.07, 6.45) is 1.98. The first-order chi connectivity index (χ1) is 7.72. The van der Waals surface area contributed by atoms with Gasteiger partial charge in [-0.2, -0.15) is 0 Å². The molecule has 1 atom stereocenters. The molecule has 0 fully saturated rings. The molecule has 0 aliphatic rings. The number of amides is 2. The highest BCUT2D eigenvalue weighted by molar-refractivity contribution is 5.85. The Morgan fingerprint density at radius 3 is 1.94 bits per heavy atom. The van der Waals surface area contributed by atoms with Gasteiger partial charge in [0.25, 0.3) is 0 Å². The van der Waals surface area contributed by atoms with E-state index in [9.17, 15) is 9.59 Å². The summed E-state index contributed by atoms with van der Waals surface area (Å²) in [6.45, 7) is 9.83. The molecule has 3 N–H and O–H groups in total. The van der Waals surface area contributed by atoms with Crippen LogP contribution in [-0.2, 0) is 9.59 Å². The second-order valence-corrected chi connectivity index (χ2v) is 5.61. The number of primary amides is 1. The van der Waals surface area contributed by atoms with Crippen molar-refractivity contribution in [3.8, 4) is 0 Å². The van der Waals surface area contributed by atoms with Gasteiger partial charge in [0.1, 0.15) is 0 Å². The number of carbonyl (C=O) groups excluding carboxylic acids is 2. The van der Waals surface area contributed by atoms with Crippen LogP contribution in [0.4, 0.5) is 0 Å². The molecule has 0 unspecified atom stereocenters. The SMILES string of the molecule is CCC(CC)NC(=O)C[C@@H](C(N)=O)C(C)(C)C. The summed E-state index contributed by atoms with van der Waals surface area (Å²) < 4.78 is 0. The summed E-state index contributed by atoms with van der Waals surface area (Å²) in [6, 6.07) is 0.191. The first-order valence-electron chi connectivity index (χ1n) is 6.31. The zero-order valence-corrected chi connectivity index (χ0v) is 11.7. The van der Waals surface area contributed by atoms with E-state index in [-0.39, 0.29) is 23.8 Å². The minimum absolute atomic E-state index is 0.0857. The van der Waals surface area contributed by atoms with Crippen molar-refractivity contribution < 1.29 is 9.59 Å². The smallest absolute Gasteiger partial charge is 0.221 e. The zero-order valence-electron chi connectivity index (χ0n) is 11.7. The average molecular weight is 242 g/mol. The van der Waals surface area contributed by atoms with Crippen molar-refractivity contribution in [3.63, 3.8) is 0 Å². The van der Waals surface area contributed by atoms with Crippen LogP contribution in [0.1, 0.15) is 53.9 Å². The van der Waals surface area contributed by atoms with Crippen LogP contribution in [0.2, 0.25) is 0 Å². The molecule has 0 aliphatic carbocycles. The fourth-order valence-electron chi connectivity index (χ4n) is 1.80. The molecule has 0 heterocycles. The summed E-state index contributed by atoms with van der Waals surface area (Å²) in [5.41, 5.74) is 5.07. The van der Waals surface area contributed by atoms with Crippen molar-refractivity contribution in [1.82, 2.24) is 5.32 Å². The minimum atomic E-state index is -0.420. The number of nitrogens with two attached hydrogens (primary N) is 1. The molecule has 0 aromatic heterocycles. The highest BCUT2D eigenvalue weighted by atomic mass is 16.2. The Morgan fingerprint density at radius 2 is 1.65 bits per heavy atom. The van der Waals surface area contributed by atoms with Gasteiger partial charge in [0.15, 0.2) is 0 Å². The number of carbonyl (C=O) groups is 2. The standard InChI is InChI=1S/C13H26N2O2/c1-6-9(7-2)15-11(16)8-10(12(14)17)13(3,4)5/h9-10H,6-8H2,1-5H3,(H2,14,17)(H,15,16)/t10-/m0/s1. The third-order valence-corrected chi connectivity index (χ3v) is 3.13. The van der Waals surface area contributed by atoms with E-state index in [1.54, 1.807) is 0 Å². The Kier molecular flexibility index (Phi) is 6.21. The molecule has 0 saturated carbocycles. The maximum Gasteiger partial charge on any atom is 0.221 e. The van der Waals surface area contributed by atoms with Crippen LogP contribution in [0.5, 0.6) is 0 Å². The quantitative estimate of drug-likeness (QED) is 0.746. The number of hydrogen-bond donors (Lipinski definition) is 2. The Morgan fingerprint density at radius 1 is 1.18 bits per heavy atom. The molecule has 4 nitrogen and oxygen atoms in total. The lowest BCUT2D eigenvalue weighted by Gasteiger charge is -2.28. The minimum Gasteiger partial charge on any atom is -0.369 e. The summed E-state index contributed by atoms with van der Waals surface area (Å²) in [4.78, 5) is 23.2. The Bertz CT molecular complexity index is 265. The number of nitrogens with one attached hydrogen (secondary N) is 1. The van der Waals surface area contributed by atoms with Gasteiger partial charge in [-0.05, 0) is 18.3 Å². The Balaban J connectivity index is 4.48. The second kappa shape index (κ2) is 6.62. The van der Waals surface area contributed by atoms with E-state index in [1.807, 2.05) is 34.6 Å². The fraction of sp³-hybridized carbons (Fsp3) is 0.846. The third-order valence-electron chi connectivity index (χ3n) is 3.13. The van der Waals surface area contributed by atoms with Gasteiger partial charge in [-0.25, -0.2) is 0 Å². The predicted molar refractivity (Wildman–Crippen MR) is 69.3 cm³/mol. The normalized spacial score (nSPS) is 13.5. The van der Waals surface area contributed by atoms with E-state index in [1.165, 1.54) is 0 Å². The van der Waals surface area contributed by atoms with Crippen molar-refractivity contribution >= 4 is 11.8 Å². The van der Waals surface area contributed by atoms with Gasteiger partial charge in [0, 0.05) is 12.5 Å². The van der Waals surface area contributed by atoms with Crippen LogP contribution >= 0.6 is 0 Å². The van der Waals surface area contributed by atoms with Crippen LogP contribution in [0, 0.1) is 11.3 Å². The topological polar surface area (TPSA) is 72.2 Å². The van der Waals surface area contributed by atoms with Gasteiger partial charge >= 0.3 is 0 Å². The summed E-state index contributed by atoms with van der Waals surface area (Å²) in [7, 11) is 0. The summed E-state index contributed by atoms with van der Waals surface area (Å²) in [5, 5.41) is 2.93. The van der Waals surface area contributed by atoms with Crippen molar-refractivity contribution in [2.75, 3.05) is 0 Å². The lowest BCUT2D eigenvalue weighted by atomic mass is 9.78. The highest BCUT2D eigenvalue weighted by Crippen LogP contribution is 2.28. The van der Waals surface area contributed by atoms with Gasteiger partial charge in [-0.1, -0.05) is 34.6 Å². The summed E-state index contributed by atoms with van der Waals surface area (Å²) in [5.74, 6) is -0.911. The van der Waals surface area contributed by atoms with Crippen molar-refractivity contribution in [3.05, 3.63) is 0 Å². The van der Waals surface area contributed by atoms with Crippen LogP contribution in [0.25, 0.3) is 0 Å². The largest absolute Gasteiger partial charge is 0.369 e. The Hall–Kier alpha value is -1.06. The molecule has 0 spiro atoms. The molecular weight excluding hydrogens is 216 g/mol. The molecule has 2 amide bonds. The highest BCUT2D eigenvalue weighted by Gasteiger charge is 2.31. The van der Waals surface area contributed by atoms with Crippen LogP contribution in [0.3, 0.4) is 0 Å². The van der Waals surface area contributed by atoms with E-state index >= 15 is 0 Å². The van der Waals surface area contributed by atoms with Crippen LogP contribution < -0.4 is 11.1 Å². The number of hydrogen-bond acceptors (Lipinski definition) is 2. The molecule has 4 heteroatoms. The van der Waals surface area contributed by atoms with Gasteiger partial charge in [0.05, 0.1) is 5.92 Å². The van der Waals surface area contributed by atoms with Crippen LogP contribution in [-0.4, -0.2) is 17.9 Å². The maximum atomic E-state index is 11.8. The van der Waals surface area contributed by atoms with E-state index in [4.69, 9.17) is 5.73 Å². The Labute approximate surface area is 104 Å². The molecule has 17 heavy (non-hydrogen) atoms. The van der Waals surface area contributed by atoms with Gasteiger partial charge in [-0.3, -0.25) is 9.59 Å². The van der Waals surface area contributed by atoms with Crippen molar-refractivity contribution in [2.45, 2.75) is 59.9 Å². The first-order valence-corrected chi connectivity index (χ1v) is 6.31. The molecule has 0 radical (unpaired) electrons. The maximum absolute atomic E-state index is 11.8. The monoisotopic (exact) mass is 242 g/mol. The zero-order chi connectivity index (χ0) is 13.6. The lowest BCUT2D eigenvalue weighted by molar-refractivity contribution is -0.131. The fourth-order valence-corrected chi connectivity index (χ4v) is 1.80. The van der Waals surface area contributed by atoms with E-state index in [0.717, 1.165) is 12.8 Å². The molecule has 0 aliphatic heterocycles. The van der Waals surface area contributed by atoms with Gasteiger partial charge in [-0.15, -0.1) is 0 Å². The molecule has 0 rings (SSSR count). The second-order valence-electron chi connectivity index (χ2n) is 5.61. The first kappa shape index (κ1) is 15.9. The van der Waals surface area contributed by atoms with Crippen molar-refractivity contribution in [2.24, 2.45) is 17.1 Å². The van der Waals surface area contributed by atoms with Crippen molar-refractivity contribution in [1.29, 1.82) is 0 Å². The molecular formula is C13H26N2O2. The summed E-state index contributed by atoms with van der Waals surface area (Å²) >= 11 is 0. The molecule has 0 aromatic carbocycles. The van der Waals surface area contributed by atoms with Crippen LogP contribution in [0.15, 0.2) is 0 Å². The van der Waals surface area contributed by atoms with E-state index in [2.05, 4.69) is 5.32 Å². The molecule has 0 aromatic rings. The molecule has 0 bridgehead atoms. The van der Waals surface area contributed by atoms with E-state index in [0.29, 0.717) is 0 Å². The molecule has 0 saturated heterocycles. The van der Waals surface area contributed by atoms with E-state index < -0.39 is 11.8 Å². The molecule has 100 valence electrons. The average Bonchev–Trinajstić information content (AvgIpc) is 2.20. The third kappa shape index (κ3) is 5.71. The predicted octanol–water partition coefficient (Wildman–Crippen LogP) is 1.83. The van der Waals surface area contributed by atoms with Gasteiger partial charge < -0.3 is 11.1 Å².